The van der Waals surface area contributed by atoms with Crippen molar-refractivity contribution in [3.8, 4) is 5.75 Å². The summed E-state index contributed by atoms with van der Waals surface area (Å²) in [6.07, 6.45) is 4.36. The molecule has 8 nitrogen and oxygen atoms in total. The minimum atomic E-state index is -0.947. The van der Waals surface area contributed by atoms with Gasteiger partial charge in [0.05, 0.1) is 33.8 Å². The first kappa shape index (κ1) is 30.8. The van der Waals surface area contributed by atoms with Crippen LogP contribution >= 0.6 is 34.4 Å². The topological polar surface area (TPSA) is 106 Å². The summed E-state index contributed by atoms with van der Waals surface area (Å²) in [5.74, 6) is -1.15. The highest BCUT2D eigenvalue weighted by atomic mass is 32.2. The third-order valence-electron chi connectivity index (χ3n) is 6.94. The maximum Gasteiger partial charge on any atom is 0.296 e. The molecule has 1 unspecified atom stereocenters. The Morgan fingerprint density at radius 3 is 2.53 bits per heavy atom. The summed E-state index contributed by atoms with van der Waals surface area (Å²) < 4.78 is 20.5. The van der Waals surface area contributed by atoms with Crippen molar-refractivity contribution in [3.05, 3.63) is 92.4 Å². The SMILES string of the molecule is CCCCCCOc1ccc(C2C(C(=O)c3sc(C)nc3C)=C(O)C(=O)N2c2nnc(SCc3ccccc3F)s2)cc1. The molecule has 2 aromatic carbocycles. The Balaban J connectivity index is 1.44. The number of unbranched alkanes of at least 4 members (excludes halogenated alkanes) is 3. The number of halogens is 1. The van der Waals surface area contributed by atoms with Gasteiger partial charge in [0.15, 0.2) is 10.1 Å². The molecule has 224 valence electrons. The summed E-state index contributed by atoms with van der Waals surface area (Å²) in [7, 11) is 0. The van der Waals surface area contributed by atoms with Gasteiger partial charge in [-0.15, -0.1) is 21.5 Å². The second-order valence-corrected chi connectivity index (χ2v) is 13.4. The molecule has 0 radical (unpaired) electrons. The van der Waals surface area contributed by atoms with Crippen molar-refractivity contribution >= 4 is 51.3 Å². The molecule has 0 saturated heterocycles. The predicted molar refractivity (Wildman–Crippen MR) is 168 cm³/mol. The number of nitrogens with zero attached hydrogens (tertiary/aromatic N) is 4. The van der Waals surface area contributed by atoms with Gasteiger partial charge in [0.25, 0.3) is 5.91 Å². The number of thiazole rings is 1. The van der Waals surface area contributed by atoms with Gasteiger partial charge in [-0.3, -0.25) is 14.5 Å². The van der Waals surface area contributed by atoms with Crippen LogP contribution in [0.3, 0.4) is 0 Å². The van der Waals surface area contributed by atoms with Gasteiger partial charge < -0.3 is 9.84 Å². The molecule has 1 aliphatic rings. The number of aryl methyl sites for hydroxylation is 2. The maximum absolute atomic E-state index is 14.1. The molecule has 3 heterocycles. The van der Waals surface area contributed by atoms with Gasteiger partial charge in [0, 0.05) is 5.75 Å². The second-order valence-electron chi connectivity index (χ2n) is 10.0. The van der Waals surface area contributed by atoms with Gasteiger partial charge in [0.1, 0.15) is 11.6 Å². The standard InChI is InChI=1S/C31H31FN4O4S3/c1-4-5-6-9-16-40-22-14-12-20(13-15-22)25-24(26(37)28-18(2)33-19(3)42-28)27(38)29(39)36(25)30-34-35-31(43-30)41-17-21-10-7-8-11-23(21)32/h7-8,10-15,25,38H,4-6,9,16-17H2,1-3H3. The lowest BCUT2D eigenvalue weighted by atomic mass is 9.95. The zero-order valence-corrected chi connectivity index (χ0v) is 26.5. The molecule has 0 spiro atoms. The lowest BCUT2D eigenvalue weighted by Gasteiger charge is -2.24. The number of benzene rings is 2. The molecule has 1 amide bonds. The fourth-order valence-electron chi connectivity index (χ4n) is 4.79. The largest absolute Gasteiger partial charge is 0.503 e. The van der Waals surface area contributed by atoms with Crippen LogP contribution in [0.2, 0.25) is 0 Å². The van der Waals surface area contributed by atoms with Gasteiger partial charge in [-0.05, 0) is 49.6 Å². The smallest absolute Gasteiger partial charge is 0.296 e. The van der Waals surface area contributed by atoms with E-state index in [1.807, 2.05) is 0 Å². The van der Waals surface area contributed by atoms with Crippen molar-refractivity contribution in [1.29, 1.82) is 0 Å². The fourth-order valence-corrected chi connectivity index (χ4v) is 7.52. The van der Waals surface area contributed by atoms with E-state index in [4.69, 9.17) is 4.74 Å². The van der Waals surface area contributed by atoms with Gasteiger partial charge in [-0.25, -0.2) is 9.37 Å². The summed E-state index contributed by atoms with van der Waals surface area (Å²) >= 11 is 3.65. The highest BCUT2D eigenvalue weighted by Gasteiger charge is 2.46. The van der Waals surface area contributed by atoms with Crippen LogP contribution in [0.1, 0.15) is 70.1 Å². The minimum Gasteiger partial charge on any atom is -0.503 e. The first-order valence-corrected chi connectivity index (χ1v) is 16.6. The lowest BCUT2D eigenvalue weighted by Crippen LogP contribution is -2.31. The maximum atomic E-state index is 14.1. The number of hydrogen-bond acceptors (Lipinski definition) is 10. The monoisotopic (exact) mass is 638 g/mol. The Labute approximate surface area is 261 Å². The average Bonchev–Trinajstić information content (AvgIpc) is 3.68. The zero-order valence-electron chi connectivity index (χ0n) is 24.0. The van der Waals surface area contributed by atoms with Crippen LogP contribution in [0.15, 0.2) is 64.2 Å². The van der Waals surface area contributed by atoms with Crippen molar-refractivity contribution in [2.24, 2.45) is 0 Å². The number of rotatable bonds is 13. The quantitative estimate of drug-likeness (QED) is 0.0685. The summed E-state index contributed by atoms with van der Waals surface area (Å²) in [6.45, 7) is 6.29. The lowest BCUT2D eigenvalue weighted by molar-refractivity contribution is -0.117. The third kappa shape index (κ3) is 6.81. The van der Waals surface area contributed by atoms with Crippen molar-refractivity contribution in [2.75, 3.05) is 11.5 Å². The van der Waals surface area contributed by atoms with Crippen LogP contribution in [0.25, 0.3) is 0 Å². The summed E-state index contributed by atoms with van der Waals surface area (Å²) in [4.78, 5) is 33.5. The number of ether oxygens (including phenoxy) is 1. The van der Waals surface area contributed by atoms with E-state index in [0.717, 1.165) is 37.0 Å². The molecular formula is C31H31FN4O4S3. The number of carbonyl (C=O) groups is 2. The van der Waals surface area contributed by atoms with E-state index in [0.29, 0.717) is 49.2 Å². The number of thioether (sulfide) groups is 1. The highest BCUT2D eigenvalue weighted by Crippen LogP contribution is 2.45. The third-order valence-corrected chi connectivity index (χ3v) is 10.1. The second kappa shape index (κ2) is 13.8. The number of ketones is 1. The molecule has 43 heavy (non-hydrogen) atoms. The molecule has 1 atom stereocenters. The fraction of sp³-hybridized carbons (Fsp3) is 0.323. The minimum absolute atomic E-state index is 0.0410. The molecule has 1 aliphatic heterocycles. The van der Waals surface area contributed by atoms with Crippen molar-refractivity contribution in [2.45, 2.75) is 62.6 Å². The number of carbonyl (C=O) groups excluding carboxylic acids is 2. The van der Waals surface area contributed by atoms with Crippen LogP contribution in [0.5, 0.6) is 5.75 Å². The molecule has 0 saturated carbocycles. The van der Waals surface area contributed by atoms with E-state index in [9.17, 15) is 19.1 Å². The van der Waals surface area contributed by atoms with E-state index < -0.39 is 23.5 Å². The van der Waals surface area contributed by atoms with Gasteiger partial charge in [-0.1, -0.05) is 79.6 Å². The van der Waals surface area contributed by atoms with Crippen LogP contribution in [-0.4, -0.2) is 38.6 Å². The molecule has 4 aromatic rings. The Kier molecular flexibility index (Phi) is 9.89. The van der Waals surface area contributed by atoms with Gasteiger partial charge in [-0.2, -0.15) is 0 Å². The zero-order chi connectivity index (χ0) is 30.5. The first-order chi connectivity index (χ1) is 20.8. The molecule has 1 N–H and O–H groups in total. The summed E-state index contributed by atoms with van der Waals surface area (Å²) in [6, 6.07) is 12.7. The Hall–Kier alpha value is -3.61. The number of aromatic nitrogens is 3. The van der Waals surface area contributed by atoms with E-state index in [1.54, 1.807) is 56.3 Å². The van der Waals surface area contributed by atoms with Crippen LogP contribution in [0, 0.1) is 19.7 Å². The van der Waals surface area contributed by atoms with Crippen molar-refractivity contribution < 1.29 is 23.8 Å². The normalized spacial score (nSPS) is 15.0. The van der Waals surface area contributed by atoms with Crippen molar-refractivity contribution in [1.82, 2.24) is 15.2 Å². The number of aliphatic hydroxyl groups excluding tert-OH is 1. The van der Waals surface area contributed by atoms with E-state index in [1.165, 1.54) is 34.1 Å². The van der Waals surface area contributed by atoms with E-state index in [2.05, 4.69) is 22.1 Å². The highest BCUT2D eigenvalue weighted by molar-refractivity contribution is 8.00. The molecular weight excluding hydrogens is 608 g/mol. The van der Waals surface area contributed by atoms with Crippen LogP contribution < -0.4 is 9.64 Å². The number of amides is 1. The Bertz CT molecular complexity index is 1650. The molecule has 0 fully saturated rings. The van der Waals surface area contributed by atoms with Crippen molar-refractivity contribution in [3.63, 3.8) is 0 Å². The summed E-state index contributed by atoms with van der Waals surface area (Å²) in [5, 5.41) is 20.5. The molecule has 0 bridgehead atoms. The van der Waals surface area contributed by atoms with Gasteiger partial charge >= 0.3 is 0 Å². The van der Waals surface area contributed by atoms with E-state index in [-0.39, 0.29) is 16.5 Å². The Morgan fingerprint density at radius 1 is 1.07 bits per heavy atom. The molecule has 0 aliphatic carbocycles. The number of aliphatic hydroxyl groups is 1. The molecule has 12 heteroatoms. The van der Waals surface area contributed by atoms with Crippen LogP contribution in [0.4, 0.5) is 9.52 Å². The average molecular weight is 639 g/mol. The Morgan fingerprint density at radius 2 is 1.84 bits per heavy atom. The predicted octanol–water partition coefficient (Wildman–Crippen LogP) is 7.78. The molecule has 5 rings (SSSR count). The number of anilines is 1. The number of Topliss-reactive ketones (excluding diaryl/α,β-unsaturated/α-hetero) is 1. The first-order valence-electron chi connectivity index (χ1n) is 14.0. The van der Waals surface area contributed by atoms with Crippen LogP contribution in [-0.2, 0) is 10.5 Å². The number of hydrogen-bond donors (Lipinski definition) is 1. The van der Waals surface area contributed by atoms with E-state index >= 15 is 0 Å². The summed E-state index contributed by atoms with van der Waals surface area (Å²) in [5.41, 5.74) is 1.62. The van der Waals surface area contributed by atoms with Gasteiger partial charge in [0.2, 0.25) is 10.9 Å². The molecule has 2 aromatic heterocycles.